The molecule has 0 aromatic heterocycles. The Morgan fingerprint density at radius 3 is 2.41 bits per heavy atom. The van der Waals surface area contributed by atoms with Crippen molar-refractivity contribution in [3.05, 3.63) is 12.2 Å². The first-order chi connectivity index (χ1) is 10.3. The lowest BCUT2D eigenvalue weighted by molar-refractivity contribution is -0.150. The van der Waals surface area contributed by atoms with E-state index in [9.17, 15) is 4.79 Å². The molecule has 1 aliphatic rings. The summed E-state index contributed by atoms with van der Waals surface area (Å²) >= 11 is 0. The predicted octanol–water partition coefficient (Wildman–Crippen LogP) is 5.04. The molecule has 0 spiro atoms. The zero-order chi connectivity index (χ0) is 16.6. The second-order valence-electron chi connectivity index (χ2n) is 7.51. The number of carbonyl (C=O) groups is 1. The van der Waals surface area contributed by atoms with Crippen LogP contribution in [0.25, 0.3) is 0 Å². The zero-order valence-electron chi connectivity index (χ0n) is 15.0. The summed E-state index contributed by atoms with van der Waals surface area (Å²) in [4.78, 5) is 11.9. The van der Waals surface area contributed by atoms with Crippen LogP contribution in [-0.4, -0.2) is 24.3 Å². The van der Waals surface area contributed by atoms with E-state index in [0.29, 0.717) is 24.0 Å². The molecule has 1 atom stereocenters. The average Bonchev–Trinajstić information content (AvgIpc) is 2.46. The highest BCUT2D eigenvalue weighted by atomic mass is 16.6. The van der Waals surface area contributed by atoms with Gasteiger partial charge in [0.1, 0.15) is 5.60 Å². The Balaban J connectivity index is 2.27. The Morgan fingerprint density at radius 2 is 1.86 bits per heavy atom. The third-order valence-corrected chi connectivity index (χ3v) is 4.24. The molecule has 1 fully saturated rings. The van der Waals surface area contributed by atoms with Crippen molar-refractivity contribution in [2.45, 2.75) is 90.8 Å². The number of carbonyl (C=O) groups excluding carboxylic acids is 1. The molecule has 1 aliphatic carbocycles. The number of esters is 1. The molecule has 0 aromatic rings. The van der Waals surface area contributed by atoms with Crippen LogP contribution >= 0.6 is 0 Å². The second-order valence-corrected chi connectivity index (χ2v) is 7.51. The molecule has 0 heterocycles. The van der Waals surface area contributed by atoms with Crippen LogP contribution in [0.4, 0.5) is 0 Å². The molecule has 0 N–H and O–H groups in total. The van der Waals surface area contributed by atoms with Gasteiger partial charge in [0.05, 0.1) is 6.10 Å². The monoisotopic (exact) mass is 310 g/mol. The molecule has 1 saturated carbocycles. The summed E-state index contributed by atoms with van der Waals surface area (Å²) in [6.45, 7) is 12.5. The van der Waals surface area contributed by atoms with Crippen LogP contribution < -0.4 is 0 Å². The topological polar surface area (TPSA) is 35.5 Å². The normalized spacial score (nSPS) is 18.0. The molecule has 0 radical (unpaired) electrons. The van der Waals surface area contributed by atoms with Gasteiger partial charge in [-0.15, -0.1) is 0 Å². The van der Waals surface area contributed by atoms with E-state index >= 15 is 0 Å². The van der Waals surface area contributed by atoms with Gasteiger partial charge < -0.3 is 9.47 Å². The molecule has 0 aromatic carbocycles. The average molecular weight is 310 g/mol. The lowest BCUT2D eigenvalue weighted by atomic mass is 9.96. The summed E-state index contributed by atoms with van der Waals surface area (Å²) in [5, 5.41) is 0. The van der Waals surface area contributed by atoms with Gasteiger partial charge in [0.15, 0.2) is 0 Å². The summed E-state index contributed by atoms with van der Waals surface area (Å²) in [6, 6.07) is 0. The van der Waals surface area contributed by atoms with Crippen molar-refractivity contribution in [3.63, 3.8) is 0 Å². The fraction of sp³-hybridized carbons (Fsp3) is 0.842. The van der Waals surface area contributed by atoms with E-state index in [4.69, 9.17) is 9.47 Å². The van der Waals surface area contributed by atoms with Crippen molar-refractivity contribution in [1.82, 2.24) is 0 Å². The third-order valence-electron chi connectivity index (χ3n) is 4.24. The molecule has 1 rings (SSSR count). The first-order valence-corrected chi connectivity index (χ1v) is 8.84. The van der Waals surface area contributed by atoms with Gasteiger partial charge in [0.2, 0.25) is 0 Å². The molecule has 0 bridgehead atoms. The third kappa shape index (κ3) is 7.98. The van der Waals surface area contributed by atoms with E-state index in [1.807, 2.05) is 20.8 Å². The van der Waals surface area contributed by atoms with Gasteiger partial charge in [-0.25, -0.2) is 4.79 Å². The van der Waals surface area contributed by atoms with Crippen molar-refractivity contribution in [3.8, 4) is 0 Å². The summed E-state index contributed by atoms with van der Waals surface area (Å²) in [5.74, 6) is 0.233. The standard InChI is InChI=1S/C19H34O3/c1-6-16(14-21-17-10-8-7-9-11-17)13-12-15(2)18(20)22-19(3,4)5/h16-17H,2,6-14H2,1,3-5H3/t16-/m0/s1. The Morgan fingerprint density at radius 1 is 1.23 bits per heavy atom. The van der Waals surface area contributed by atoms with Crippen LogP contribution in [0.5, 0.6) is 0 Å². The predicted molar refractivity (Wildman–Crippen MR) is 90.8 cm³/mol. The first kappa shape index (κ1) is 19.2. The van der Waals surface area contributed by atoms with Gasteiger partial charge in [-0.2, -0.15) is 0 Å². The Labute approximate surface area is 136 Å². The van der Waals surface area contributed by atoms with Gasteiger partial charge in [-0.05, 0) is 52.4 Å². The van der Waals surface area contributed by atoms with Gasteiger partial charge >= 0.3 is 5.97 Å². The summed E-state index contributed by atoms with van der Waals surface area (Å²) in [7, 11) is 0. The van der Waals surface area contributed by atoms with Gasteiger partial charge in [0.25, 0.3) is 0 Å². The quantitative estimate of drug-likeness (QED) is 0.465. The van der Waals surface area contributed by atoms with Crippen LogP contribution in [-0.2, 0) is 14.3 Å². The zero-order valence-corrected chi connectivity index (χ0v) is 15.0. The maximum Gasteiger partial charge on any atom is 0.333 e. The van der Waals surface area contributed by atoms with E-state index in [0.717, 1.165) is 19.4 Å². The second kappa shape index (κ2) is 9.34. The van der Waals surface area contributed by atoms with Crippen molar-refractivity contribution < 1.29 is 14.3 Å². The summed E-state index contributed by atoms with van der Waals surface area (Å²) < 4.78 is 11.4. The van der Waals surface area contributed by atoms with E-state index < -0.39 is 5.60 Å². The maximum atomic E-state index is 11.9. The highest BCUT2D eigenvalue weighted by Gasteiger charge is 2.20. The molecule has 0 aliphatic heterocycles. The Bertz CT molecular complexity index is 348. The number of ether oxygens (including phenoxy) is 2. The van der Waals surface area contributed by atoms with Gasteiger partial charge in [0, 0.05) is 12.2 Å². The highest BCUT2D eigenvalue weighted by Crippen LogP contribution is 2.23. The molecule has 3 heteroatoms. The van der Waals surface area contributed by atoms with E-state index in [-0.39, 0.29) is 5.97 Å². The Hall–Kier alpha value is -0.830. The largest absolute Gasteiger partial charge is 0.457 e. The van der Waals surface area contributed by atoms with E-state index in [1.54, 1.807) is 0 Å². The van der Waals surface area contributed by atoms with E-state index in [1.165, 1.54) is 32.1 Å². The van der Waals surface area contributed by atoms with Crippen LogP contribution in [0.2, 0.25) is 0 Å². The lowest BCUT2D eigenvalue weighted by Gasteiger charge is -2.25. The fourth-order valence-corrected chi connectivity index (χ4v) is 2.74. The SMILES string of the molecule is C=C(CC[C@H](CC)COC1CCCCC1)C(=O)OC(C)(C)C. The molecular formula is C19H34O3. The molecule has 3 nitrogen and oxygen atoms in total. The fourth-order valence-electron chi connectivity index (χ4n) is 2.74. The maximum absolute atomic E-state index is 11.9. The number of hydrogen-bond donors (Lipinski definition) is 0. The Kier molecular flexibility index (Phi) is 8.16. The van der Waals surface area contributed by atoms with Crippen LogP contribution in [0.3, 0.4) is 0 Å². The number of hydrogen-bond acceptors (Lipinski definition) is 3. The van der Waals surface area contributed by atoms with Crippen LogP contribution in [0.15, 0.2) is 12.2 Å². The van der Waals surface area contributed by atoms with Gasteiger partial charge in [-0.3, -0.25) is 0 Å². The van der Waals surface area contributed by atoms with Gasteiger partial charge in [-0.1, -0.05) is 39.2 Å². The molecule has 0 saturated heterocycles. The van der Waals surface area contributed by atoms with Crippen LogP contribution in [0, 0.1) is 5.92 Å². The molecule has 0 amide bonds. The molecule has 22 heavy (non-hydrogen) atoms. The van der Waals surface area contributed by atoms with Crippen molar-refractivity contribution in [2.75, 3.05) is 6.61 Å². The minimum atomic E-state index is -0.450. The molecule has 0 unspecified atom stereocenters. The van der Waals surface area contributed by atoms with Crippen molar-refractivity contribution in [2.24, 2.45) is 5.92 Å². The smallest absolute Gasteiger partial charge is 0.333 e. The summed E-state index contributed by atoms with van der Waals surface area (Å²) in [6.07, 6.45) is 9.55. The van der Waals surface area contributed by atoms with Crippen molar-refractivity contribution in [1.29, 1.82) is 0 Å². The number of rotatable bonds is 8. The summed E-state index contributed by atoms with van der Waals surface area (Å²) in [5.41, 5.74) is 0.125. The molecule has 128 valence electrons. The highest BCUT2D eigenvalue weighted by molar-refractivity contribution is 5.87. The van der Waals surface area contributed by atoms with Crippen molar-refractivity contribution >= 4 is 5.97 Å². The minimum Gasteiger partial charge on any atom is -0.457 e. The van der Waals surface area contributed by atoms with E-state index in [2.05, 4.69) is 13.5 Å². The lowest BCUT2D eigenvalue weighted by Crippen LogP contribution is -2.25. The first-order valence-electron chi connectivity index (χ1n) is 8.84. The minimum absolute atomic E-state index is 0.268. The van der Waals surface area contributed by atoms with Crippen LogP contribution in [0.1, 0.15) is 79.1 Å². The molecular weight excluding hydrogens is 276 g/mol.